The van der Waals surface area contributed by atoms with E-state index in [0.717, 1.165) is 25.9 Å². The summed E-state index contributed by atoms with van der Waals surface area (Å²) < 4.78 is 27.2. The minimum absolute atomic E-state index is 0.239. The van der Waals surface area contributed by atoms with E-state index in [-0.39, 0.29) is 9.88 Å². The van der Waals surface area contributed by atoms with Crippen LogP contribution in [0, 0.1) is 0 Å². The fraction of sp³-hybridized carbons (Fsp3) is 0.500. The molecule has 0 aliphatic carbocycles. The molecule has 1 heterocycles. The Hall–Kier alpha value is -1.02. The van der Waals surface area contributed by atoms with Gasteiger partial charge in [0.2, 0.25) is 10.0 Å². The summed E-state index contributed by atoms with van der Waals surface area (Å²) in [4.78, 5) is 2.80. The summed E-state index contributed by atoms with van der Waals surface area (Å²) >= 11 is 4.86. The molecule has 0 bridgehead atoms. The second-order valence-corrected chi connectivity index (χ2v) is 7.37. The van der Waals surface area contributed by atoms with Crippen LogP contribution in [0.1, 0.15) is 25.3 Å². The summed E-state index contributed by atoms with van der Waals surface area (Å²) in [6.07, 6.45) is 2.17. The number of benzene rings is 1. The number of likely N-dealkylation sites (N-methyl/N-ethyl adjacent to an activating group) is 1. The molecule has 1 aliphatic rings. The molecular weight excluding hydrogens is 306 g/mol. The van der Waals surface area contributed by atoms with Gasteiger partial charge in [0.05, 0.1) is 4.90 Å². The molecule has 1 fully saturated rings. The molecule has 1 aliphatic heterocycles. The molecule has 0 spiro atoms. The molecule has 0 radical (unpaired) electrons. The molecule has 0 saturated carbocycles. The molecule has 5 nitrogen and oxygen atoms in total. The average Bonchev–Trinajstić information content (AvgIpc) is 2.93. The van der Waals surface area contributed by atoms with Crippen LogP contribution in [0.3, 0.4) is 0 Å². The lowest BCUT2D eigenvalue weighted by atomic mass is 10.2. The van der Waals surface area contributed by atoms with Crippen molar-refractivity contribution in [3.8, 4) is 0 Å². The number of nitrogens with two attached hydrogens (primary N) is 1. The number of nitrogens with one attached hydrogen (secondary N) is 1. The van der Waals surface area contributed by atoms with Gasteiger partial charge in [0.1, 0.15) is 4.99 Å². The van der Waals surface area contributed by atoms with Gasteiger partial charge in [-0.25, -0.2) is 13.1 Å². The Bertz CT molecular complexity index is 599. The van der Waals surface area contributed by atoms with E-state index in [1.54, 1.807) is 12.1 Å². The van der Waals surface area contributed by atoms with Crippen molar-refractivity contribution >= 4 is 27.2 Å². The van der Waals surface area contributed by atoms with E-state index in [1.807, 2.05) is 0 Å². The SMILES string of the molecule is CCN1CCCC1CNS(=O)(=O)c1ccc(C(N)=S)cc1. The number of thiocarbonyl (C=S) groups is 1. The molecular formula is C14H21N3O2S2. The predicted molar refractivity (Wildman–Crippen MR) is 87.8 cm³/mol. The number of nitrogens with zero attached hydrogens (tertiary/aromatic N) is 1. The Balaban J connectivity index is 2.02. The van der Waals surface area contributed by atoms with Crippen LogP contribution in [0.4, 0.5) is 0 Å². The molecule has 0 amide bonds. The molecule has 1 aromatic carbocycles. The van der Waals surface area contributed by atoms with Crippen LogP contribution < -0.4 is 10.5 Å². The Kier molecular flexibility index (Phi) is 5.32. The van der Waals surface area contributed by atoms with Gasteiger partial charge < -0.3 is 5.73 Å². The molecule has 3 N–H and O–H groups in total. The standard InChI is InChI=1S/C14H21N3O2S2/c1-2-17-9-3-4-12(17)10-16-21(18,19)13-7-5-11(6-8-13)14(15)20/h5-8,12,16H,2-4,9-10H2,1H3,(H2,15,20). The molecule has 1 saturated heterocycles. The van der Waals surface area contributed by atoms with Gasteiger partial charge in [0.15, 0.2) is 0 Å². The number of hydrogen-bond donors (Lipinski definition) is 2. The fourth-order valence-electron chi connectivity index (χ4n) is 2.63. The van der Waals surface area contributed by atoms with Crippen molar-refractivity contribution < 1.29 is 8.42 Å². The monoisotopic (exact) mass is 327 g/mol. The molecule has 0 aromatic heterocycles. The first-order valence-corrected chi connectivity index (χ1v) is 8.96. The largest absolute Gasteiger partial charge is 0.389 e. The van der Waals surface area contributed by atoms with Gasteiger partial charge >= 0.3 is 0 Å². The Morgan fingerprint density at radius 2 is 2.10 bits per heavy atom. The first kappa shape index (κ1) is 16.4. The van der Waals surface area contributed by atoms with Crippen LogP contribution in [-0.4, -0.2) is 44.0 Å². The topological polar surface area (TPSA) is 75.4 Å². The van der Waals surface area contributed by atoms with E-state index in [1.165, 1.54) is 12.1 Å². The van der Waals surface area contributed by atoms with E-state index in [2.05, 4.69) is 16.5 Å². The highest BCUT2D eigenvalue weighted by Crippen LogP contribution is 2.17. The first-order valence-electron chi connectivity index (χ1n) is 7.07. The van der Waals surface area contributed by atoms with Gasteiger partial charge in [-0.05, 0) is 38.1 Å². The zero-order valence-electron chi connectivity index (χ0n) is 12.1. The zero-order valence-corrected chi connectivity index (χ0v) is 13.7. The Morgan fingerprint density at radius 1 is 1.43 bits per heavy atom. The number of likely N-dealkylation sites (tertiary alicyclic amines) is 1. The lowest BCUT2D eigenvalue weighted by Gasteiger charge is -2.22. The first-order chi connectivity index (χ1) is 9.94. The van der Waals surface area contributed by atoms with Gasteiger partial charge in [-0.2, -0.15) is 0 Å². The number of rotatable bonds is 6. The van der Waals surface area contributed by atoms with Crippen molar-refractivity contribution in [3.63, 3.8) is 0 Å². The fourth-order valence-corrected chi connectivity index (χ4v) is 3.84. The summed E-state index contributed by atoms with van der Waals surface area (Å²) in [6, 6.07) is 6.61. The van der Waals surface area contributed by atoms with Crippen LogP contribution in [0.15, 0.2) is 29.2 Å². The maximum absolute atomic E-state index is 12.3. The molecule has 2 rings (SSSR count). The quantitative estimate of drug-likeness (QED) is 0.765. The summed E-state index contributed by atoms with van der Waals surface area (Å²) in [5, 5.41) is 0. The molecule has 1 atom stereocenters. The van der Waals surface area contributed by atoms with Gasteiger partial charge in [-0.1, -0.05) is 31.3 Å². The molecule has 1 unspecified atom stereocenters. The lowest BCUT2D eigenvalue weighted by Crippen LogP contribution is -2.39. The number of sulfonamides is 1. The van der Waals surface area contributed by atoms with Crippen molar-refractivity contribution in [2.24, 2.45) is 5.73 Å². The van der Waals surface area contributed by atoms with E-state index >= 15 is 0 Å². The van der Waals surface area contributed by atoms with Gasteiger partial charge in [0.25, 0.3) is 0 Å². The van der Waals surface area contributed by atoms with Crippen LogP contribution in [0.5, 0.6) is 0 Å². The Labute approximate surface area is 131 Å². The van der Waals surface area contributed by atoms with Crippen LogP contribution in [0.25, 0.3) is 0 Å². The van der Waals surface area contributed by atoms with Crippen molar-refractivity contribution in [2.75, 3.05) is 19.6 Å². The van der Waals surface area contributed by atoms with E-state index in [0.29, 0.717) is 18.2 Å². The molecule has 7 heteroatoms. The highest BCUT2D eigenvalue weighted by Gasteiger charge is 2.25. The summed E-state index contributed by atoms with van der Waals surface area (Å²) in [7, 11) is -3.48. The van der Waals surface area contributed by atoms with E-state index < -0.39 is 10.0 Å². The minimum atomic E-state index is -3.48. The van der Waals surface area contributed by atoms with Crippen LogP contribution >= 0.6 is 12.2 Å². The highest BCUT2D eigenvalue weighted by molar-refractivity contribution is 7.89. The van der Waals surface area contributed by atoms with Crippen molar-refractivity contribution in [1.82, 2.24) is 9.62 Å². The smallest absolute Gasteiger partial charge is 0.240 e. The van der Waals surface area contributed by atoms with E-state index in [9.17, 15) is 8.42 Å². The minimum Gasteiger partial charge on any atom is -0.389 e. The Morgan fingerprint density at radius 3 is 2.67 bits per heavy atom. The molecule has 116 valence electrons. The average molecular weight is 327 g/mol. The third-order valence-corrected chi connectivity index (χ3v) is 5.54. The lowest BCUT2D eigenvalue weighted by molar-refractivity contribution is 0.268. The van der Waals surface area contributed by atoms with Crippen LogP contribution in [-0.2, 0) is 10.0 Å². The van der Waals surface area contributed by atoms with Crippen molar-refractivity contribution in [1.29, 1.82) is 0 Å². The third kappa shape index (κ3) is 4.00. The predicted octanol–water partition coefficient (Wildman–Crippen LogP) is 1.08. The van der Waals surface area contributed by atoms with Crippen molar-refractivity contribution in [3.05, 3.63) is 29.8 Å². The van der Waals surface area contributed by atoms with Crippen molar-refractivity contribution in [2.45, 2.75) is 30.7 Å². The highest BCUT2D eigenvalue weighted by atomic mass is 32.2. The van der Waals surface area contributed by atoms with Crippen LogP contribution in [0.2, 0.25) is 0 Å². The molecule has 1 aromatic rings. The summed E-state index contributed by atoms with van der Waals surface area (Å²) in [5.41, 5.74) is 6.17. The molecule has 21 heavy (non-hydrogen) atoms. The van der Waals surface area contributed by atoms with Gasteiger partial charge in [0, 0.05) is 18.2 Å². The van der Waals surface area contributed by atoms with Gasteiger partial charge in [-0.15, -0.1) is 0 Å². The summed E-state index contributed by atoms with van der Waals surface area (Å²) in [5.74, 6) is 0. The zero-order chi connectivity index (χ0) is 15.5. The number of hydrogen-bond acceptors (Lipinski definition) is 4. The summed E-state index contributed by atoms with van der Waals surface area (Å²) in [6.45, 7) is 4.55. The second kappa shape index (κ2) is 6.83. The maximum atomic E-state index is 12.3. The van der Waals surface area contributed by atoms with Gasteiger partial charge in [-0.3, -0.25) is 4.90 Å². The second-order valence-electron chi connectivity index (χ2n) is 5.17. The third-order valence-electron chi connectivity index (χ3n) is 3.86. The maximum Gasteiger partial charge on any atom is 0.240 e. The normalized spacial score (nSPS) is 19.8. The van der Waals surface area contributed by atoms with E-state index in [4.69, 9.17) is 18.0 Å².